The van der Waals surface area contributed by atoms with Gasteiger partial charge in [-0.15, -0.1) is 0 Å². The molecule has 1 atom stereocenters. The quantitative estimate of drug-likeness (QED) is 0.741. The highest BCUT2D eigenvalue weighted by atomic mass is 19.1. The van der Waals surface area contributed by atoms with Crippen LogP contribution in [0.15, 0.2) is 59.0 Å². The standard InChI is InChI=1S/C20H21FN2O2/c1-14(19-11-15-7-4-6-10-18(15)25-19)22-20(24)13-23(2)12-16-8-3-5-9-17(16)21/h3-11,14H,12-13H2,1-2H3,(H,22,24)/t14-/m1/s1. The van der Waals surface area contributed by atoms with Crippen molar-refractivity contribution in [2.24, 2.45) is 0 Å². The second-order valence-corrected chi connectivity index (χ2v) is 6.24. The van der Waals surface area contributed by atoms with Crippen LogP contribution in [0.1, 0.15) is 24.3 Å². The largest absolute Gasteiger partial charge is 0.459 e. The Morgan fingerprint density at radius 1 is 1.20 bits per heavy atom. The summed E-state index contributed by atoms with van der Waals surface area (Å²) in [5.41, 5.74) is 1.37. The highest BCUT2D eigenvalue weighted by Gasteiger charge is 2.16. The van der Waals surface area contributed by atoms with E-state index in [1.165, 1.54) is 6.07 Å². The smallest absolute Gasteiger partial charge is 0.234 e. The zero-order valence-electron chi connectivity index (χ0n) is 14.3. The van der Waals surface area contributed by atoms with Gasteiger partial charge in [-0.05, 0) is 32.2 Å². The Labute approximate surface area is 146 Å². The molecule has 0 fully saturated rings. The number of rotatable bonds is 6. The number of carbonyl (C=O) groups is 1. The van der Waals surface area contributed by atoms with Crippen LogP contribution in [-0.2, 0) is 11.3 Å². The first kappa shape index (κ1) is 17.2. The molecular weight excluding hydrogens is 319 g/mol. The van der Waals surface area contributed by atoms with Gasteiger partial charge in [0.25, 0.3) is 0 Å². The van der Waals surface area contributed by atoms with Gasteiger partial charge in [0.1, 0.15) is 17.2 Å². The summed E-state index contributed by atoms with van der Waals surface area (Å²) in [7, 11) is 1.79. The maximum atomic E-state index is 13.7. The van der Waals surface area contributed by atoms with E-state index in [9.17, 15) is 9.18 Å². The minimum atomic E-state index is -0.259. The van der Waals surface area contributed by atoms with Crippen LogP contribution in [0.2, 0.25) is 0 Å². The summed E-state index contributed by atoms with van der Waals surface area (Å²) in [6.07, 6.45) is 0. The number of halogens is 1. The molecule has 3 aromatic rings. The first-order chi connectivity index (χ1) is 12.0. The van der Waals surface area contributed by atoms with Crippen LogP contribution in [0.4, 0.5) is 4.39 Å². The lowest BCUT2D eigenvalue weighted by molar-refractivity contribution is -0.122. The number of hydrogen-bond acceptors (Lipinski definition) is 3. The lowest BCUT2D eigenvalue weighted by Crippen LogP contribution is -2.36. The molecule has 130 valence electrons. The molecule has 0 saturated heterocycles. The van der Waals surface area contributed by atoms with E-state index >= 15 is 0 Å². The number of likely N-dealkylation sites (N-methyl/N-ethyl adjacent to an activating group) is 1. The van der Waals surface area contributed by atoms with Crippen molar-refractivity contribution in [3.8, 4) is 0 Å². The second-order valence-electron chi connectivity index (χ2n) is 6.24. The zero-order valence-corrected chi connectivity index (χ0v) is 14.3. The lowest BCUT2D eigenvalue weighted by atomic mass is 10.2. The number of nitrogens with one attached hydrogen (secondary N) is 1. The first-order valence-corrected chi connectivity index (χ1v) is 8.22. The third-order valence-electron chi connectivity index (χ3n) is 4.06. The predicted octanol–water partition coefficient (Wildman–Crippen LogP) is 3.88. The number of furan rings is 1. The normalized spacial score (nSPS) is 12.5. The molecule has 25 heavy (non-hydrogen) atoms. The van der Waals surface area contributed by atoms with Crippen LogP contribution >= 0.6 is 0 Å². The summed E-state index contributed by atoms with van der Waals surface area (Å²) in [6.45, 7) is 2.44. The van der Waals surface area contributed by atoms with Gasteiger partial charge >= 0.3 is 0 Å². The van der Waals surface area contributed by atoms with Gasteiger partial charge in [-0.3, -0.25) is 9.69 Å². The SMILES string of the molecule is C[C@@H](NC(=O)CN(C)Cc1ccccc1F)c1cc2ccccc2o1. The molecule has 4 nitrogen and oxygen atoms in total. The number of hydrogen-bond donors (Lipinski definition) is 1. The van der Waals surface area contributed by atoms with Crippen molar-refractivity contribution in [1.29, 1.82) is 0 Å². The number of nitrogens with zero attached hydrogens (tertiary/aromatic N) is 1. The number of para-hydroxylation sites is 1. The van der Waals surface area contributed by atoms with Crippen molar-refractivity contribution in [1.82, 2.24) is 10.2 Å². The van der Waals surface area contributed by atoms with Crippen molar-refractivity contribution in [2.75, 3.05) is 13.6 Å². The van der Waals surface area contributed by atoms with E-state index in [1.54, 1.807) is 30.1 Å². The molecular formula is C20H21FN2O2. The fraction of sp³-hybridized carbons (Fsp3) is 0.250. The van der Waals surface area contributed by atoms with E-state index < -0.39 is 0 Å². The maximum absolute atomic E-state index is 13.7. The molecule has 0 aliphatic rings. The van der Waals surface area contributed by atoms with Crippen LogP contribution < -0.4 is 5.32 Å². The predicted molar refractivity (Wildman–Crippen MR) is 95.5 cm³/mol. The average Bonchev–Trinajstić information content (AvgIpc) is 3.01. The van der Waals surface area contributed by atoms with E-state index in [2.05, 4.69) is 5.32 Å². The number of fused-ring (bicyclic) bond motifs is 1. The Kier molecular flexibility index (Phi) is 5.14. The van der Waals surface area contributed by atoms with Crippen molar-refractivity contribution in [3.63, 3.8) is 0 Å². The summed E-state index contributed by atoms with van der Waals surface area (Å²) in [5.74, 6) is 0.323. The highest BCUT2D eigenvalue weighted by molar-refractivity contribution is 5.80. The van der Waals surface area contributed by atoms with Crippen LogP contribution in [0.3, 0.4) is 0 Å². The summed E-state index contributed by atoms with van der Waals surface area (Å²) in [6, 6.07) is 16.0. The zero-order chi connectivity index (χ0) is 17.8. The number of amides is 1. The summed E-state index contributed by atoms with van der Waals surface area (Å²) >= 11 is 0. The lowest BCUT2D eigenvalue weighted by Gasteiger charge is -2.18. The van der Waals surface area contributed by atoms with Crippen LogP contribution in [0.25, 0.3) is 11.0 Å². The molecule has 0 spiro atoms. The minimum absolute atomic E-state index is 0.133. The summed E-state index contributed by atoms with van der Waals surface area (Å²) < 4.78 is 19.4. The molecule has 0 unspecified atom stereocenters. The first-order valence-electron chi connectivity index (χ1n) is 8.22. The van der Waals surface area contributed by atoms with Gasteiger partial charge in [-0.2, -0.15) is 0 Å². The second kappa shape index (κ2) is 7.49. The fourth-order valence-electron chi connectivity index (χ4n) is 2.79. The fourth-order valence-corrected chi connectivity index (χ4v) is 2.79. The molecule has 0 radical (unpaired) electrons. The van der Waals surface area contributed by atoms with Crippen LogP contribution in [-0.4, -0.2) is 24.4 Å². The van der Waals surface area contributed by atoms with Gasteiger partial charge < -0.3 is 9.73 Å². The van der Waals surface area contributed by atoms with Gasteiger partial charge in [-0.1, -0.05) is 36.4 Å². The Morgan fingerprint density at radius 3 is 2.68 bits per heavy atom. The third-order valence-corrected chi connectivity index (χ3v) is 4.06. The van der Waals surface area contributed by atoms with Gasteiger partial charge in [0.2, 0.25) is 5.91 Å². The average molecular weight is 340 g/mol. The molecule has 0 bridgehead atoms. The van der Waals surface area contributed by atoms with Crippen molar-refractivity contribution in [3.05, 3.63) is 71.7 Å². The van der Waals surface area contributed by atoms with E-state index in [-0.39, 0.29) is 24.3 Å². The third kappa shape index (κ3) is 4.25. The molecule has 1 amide bonds. The summed E-state index contributed by atoms with van der Waals surface area (Å²) in [5, 5.41) is 3.93. The molecule has 1 N–H and O–H groups in total. The van der Waals surface area contributed by atoms with Gasteiger partial charge in [0.05, 0.1) is 12.6 Å². The Balaban J connectivity index is 1.57. The van der Waals surface area contributed by atoms with Crippen molar-refractivity contribution < 1.29 is 13.6 Å². The van der Waals surface area contributed by atoms with Gasteiger partial charge in [0, 0.05) is 17.5 Å². The Hall–Kier alpha value is -2.66. The maximum Gasteiger partial charge on any atom is 0.234 e. The molecule has 0 aliphatic carbocycles. The number of benzene rings is 2. The molecule has 0 aliphatic heterocycles. The van der Waals surface area contributed by atoms with Crippen LogP contribution in [0.5, 0.6) is 0 Å². The van der Waals surface area contributed by atoms with Crippen molar-refractivity contribution >= 4 is 16.9 Å². The van der Waals surface area contributed by atoms with Crippen LogP contribution in [0, 0.1) is 5.82 Å². The summed E-state index contributed by atoms with van der Waals surface area (Å²) in [4.78, 5) is 14.0. The topological polar surface area (TPSA) is 45.5 Å². The molecule has 5 heteroatoms. The Morgan fingerprint density at radius 2 is 1.92 bits per heavy atom. The van der Waals surface area contributed by atoms with Crippen molar-refractivity contribution in [2.45, 2.75) is 19.5 Å². The van der Waals surface area contributed by atoms with E-state index in [1.807, 2.05) is 37.3 Å². The molecule has 1 aromatic heterocycles. The van der Waals surface area contributed by atoms with Gasteiger partial charge in [-0.25, -0.2) is 4.39 Å². The Bertz CT molecular complexity index is 842. The van der Waals surface area contributed by atoms with E-state index in [0.717, 1.165) is 11.0 Å². The molecule has 2 aromatic carbocycles. The van der Waals surface area contributed by atoms with Gasteiger partial charge in [0.15, 0.2) is 0 Å². The monoisotopic (exact) mass is 340 g/mol. The highest BCUT2D eigenvalue weighted by Crippen LogP contribution is 2.23. The minimum Gasteiger partial charge on any atom is -0.459 e. The number of carbonyl (C=O) groups excluding carboxylic acids is 1. The van der Waals surface area contributed by atoms with E-state index in [4.69, 9.17) is 4.42 Å². The van der Waals surface area contributed by atoms with E-state index in [0.29, 0.717) is 17.9 Å². The molecule has 0 saturated carbocycles. The molecule has 3 rings (SSSR count). The molecule has 1 heterocycles.